The number of fused-ring (bicyclic) bond motifs is 5. The van der Waals surface area contributed by atoms with E-state index in [0.717, 1.165) is 54.0 Å². The average Bonchev–Trinajstić information content (AvgIpc) is 3.09. The Hall–Kier alpha value is -2.73. The van der Waals surface area contributed by atoms with Crippen molar-refractivity contribution in [3.63, 3.8) is 0 Å². The van der Waals surface area contributed by atoms with Crippen LogP contribution in [0.1, 0.15) is 37.4 Å². The summed E-state index contributed by atoms with van der Waals surface area (Å²) in [5, 5.41) is 12.6. The summed E-state index contributed by atoms with van der Waals surface area (Å²) in [5.74, 6) is 2.15. The molecule has 5 nitrogen and oxygen atoms in total. The van der Waals surface area contributed by atoms with E-state index in [0.29, 0.717) is 23.3 Å². The Labute approximate surface area is 156 Å². The molecule has 6 heteroatoms. The van der Waals surface area contributed by atoms with Crippen LogP contribution >= 0.6 is 0 Å². The first kappa shape index (κ1) is 16.4. The topological polar surface area (TPSA) is 73.8 Å². The van der Waals surface area contributed by atoms with Gasteiger partial charge < -0.3 is 15.4 Å². The second-order valence-electron chi connectivity index (χ2n) is 7.46. The maximum atomic E-state index is 13.8. The van der Waals surface area contributed by atoms with E-state index >= 15 is 0 Å². The van der Waals surface area contributed by atoms with Crippen molar-refractivity contribution in [2.75, 3.05) is 11.9 Å². The van der Waals surface area contributed by atoms with E-state index in [4.69, 9.17) is 4.98 Å². The number of halogens is 1. The van der Waals surface area contributed by atoms with Gasteiger partial charge in [0.05, 0.1) is 17.1 Å². The fourth-order valence-corrected chi connectivity index (χ4v) is 4.25. The number of hydrogen-bond acceptors (Lipinski definition) is 4. The molecule has 1 fully saturated rings. The van der Waals surface area contributed by atoms with Crippen molar-refractivity contribution < 1.29 is 9.50 Å². The van der Waals surface area contributed by atoms with Crippen LogP contribution in [0.2, 0.25) is 0 Å². The number of anilines is 2. The van der Waals surface area contributed by atoms with Crippen LogP contribution in [-0.2, 0) is 0 Å². The second kappa shape index (κ2) is 6.46. The Kier molecular flexibility index (Phi) is 3.93. The van der Waals surface area contributed by atoms with Gasteiger partial charge in [0.15, 0.2) is 0 Å². The molecule has 0 bridgehead atoms. The maximum Gasteiger partial charge on any atom is 0.139 e. The van der Waals surface area contributed by atoms with Crippen LogP contribution in [0, 0.1) is 11.7 Å². The van der Waals surface area contributed by atoms with Crippen LogP contribution < -0.4 is 5.32 Å². The van der Waals surface area contributed by atoms with E-state index in [2.05, 4.69) is 15.3 Å². The quantitative estimate of drug-likeness (QED) is 0.486. The molecule has 1 saturated carbocycles. The molecule has 0 spiro atoms. The number of nitrogens with one attached hydrogen (secondary N) is 2. The number of aliphatic hydroxyl groups is 1. The molecular formula is C21H21FN4O. The van der Waals surface area contributed by atoms with Crippen molar-refractivity contribution in [2.24, 2.45) is 5.92 Å². The minimum absolute atomic E-state index is 0.269. The minimum atomic E-state index is -0.291. The van der Waals surface area contributed by atoms with Crippen LogP contribution in [0.25, 0.3) is 22.5 Å². The van der Waals surface area contributed by atoms with E-state index in [9.17, 15) is 9.50 Å². The lowest BCUT2D eigenvalue weighted by Crippen LogP contribution is -2.16. The smallest absolute Gasteiger partial charge is 0.139 e. The highest BCUT2D eigenvalue weighted by Crippen LogP contribution is 2.44. The second-order valence-corrected chi connectivity index (χ2v) is 7.46. The van der Waals surface area contributed by atoms with Crippen LogP contribution in [0.3, 0.4) is 0 Å². The van der Waals surface area contributed by atoms with Crippen molar-refractivity contribution in [2.45, 2.75) is 31.6 Å². The van der Waals surface area contributed by atoms with Gasteiger partial charge in [-0.1, -0.05) is 0 Å². The molecule has 3 N–H and O–H groups in total. The van der Waals surface area contributed by atoms with Gasteiger partial charge in [0.1, 0.15) is 17.5 Å². The van der Waals surface area contributed by atoms with Gasteiger partial charge in [0, 0.05) is 29.8 Å². The highest BCUT2D eigenvalue weighted by atomic mass is 19.1. The molecule has 1 aromatic carbocycles. The normalized spacial score (nSPS) is 20.8. The molecule has 1 aliphatic heterocycles. The third-order valence-electron chi connectivity index (χ3n) is 5.78. The summed E-state index contributed by atoms with van der Waals surface area (Å²) in [7, 11) is 0. The predicted molar refractivity (Wildman–Crippen MR) is 102 cm³/mol. The van der Waals surface area contributed by atoms with E-state index < -0.39 is 0 Å². The van der Waals surface area contributed by atoms with Gasteiger partial charge in [-0.15, -0.1) is 0 Å². The fourth-order valence-electron chi connectivity index (χ4n) is 4.25. The lowest BCUT2D eigenvalue weighted by Gasteiger charge is -2.25. The lowest BCUT2D eigenvalue weighted by atomic mass is 9.82. The summed E-state index contributed by atoms with van der Waals surface area (Å²) in [6.45, 7) is 0.269. The van der Waals surface area contributed by atoms with Crippen LogP contribution in [0.5, 0.6) is 0 Å². The molecule has 3 heterocycles. The van der Waals surface area contributed by atoms with Gasteiger partial charge in [-0.3, -0.25) is 0 Å². The molecular weight excluding hydrogens is 343 g/mol. The fraction of sp³-hybridized carbons (Fsp3) is 0.333. The van der Waals surface area contributed by atoms with Gasteiger partial charge in [-0.25, -0.2) is 14.4 Å². The number of aromatic nitrogens is 3. The van der Waals surface area contributed by atoms with Gasteiger partial charge >= 0.3 is 0 Å². The molecule has 138 valence electrons. The highest BCUT2D eigenvalue weighted by molar-refractivity contribution is 5.94. The first-order valence-electron chi connectivity index (χ1n) is 9.46. The minimum Gasteiger partial charge on any atom is -0.396 e. The standard InChI is InChI=1S/C21H21FN4O/c22-14-7-8-15-17(10-14)24-21-16(2-1-9-23-21)19-18(15)25-20(26-19)13-5-3-12(11-27)4-6-13/h1-2,7-10,12-13,27H,3-6,11H2,(H,23,24)(H,25,26)/t12-,13+. The number of aliphatic hydroxyl groups excluding tert-OH is 1. The van der Waals surface area contributed by atoms with Crippen LogP contribution in [0.15, 0.2) is 36.5 Å². The summed E-state index contributed by atoms with van der Waals surface area (Å²) in [5.41, 5.74) is 4.25. The zero-order valence-corrected chi connectivity index (χ0v) is 14.9. The van der Waals surface area contributed by atoms with Crippen molar-refractivity contribution in [1.29, 1.82) is 0 Å². The Bertz CT molecular complexity index is 992. The molecule has 0 unspecified atom stereocenters. The molecule has 2 aromatic heterocycles. The SMILES string of the molecule is OC[C@H]1CC[C@@H](c2nc3c([nH]2)-c2cccnc2Nc2cc(F)ccc2-3)CC1. The van der Waals surface area contributed by atoms with E-state index in [1.807, 2.05) is 12.1 Å². The van der Waals surface area contributed by atoms with Gasteiger partial charge in [0.2, 0.25) is 0 Å². The van der Waals surface area contributed by atoms with E-state index in [-0.39, 0.29) is 12.4 Å². The van der Waals surface area contributed by atoms with E-state index in [1.165, 1.54) is 12.1 Å². The largest absolute Gasteiger partial charge is 0.396 e. The Morgan fingerprint density at radius 2 is 1.96 bits per heavy atom. The third-order valence-corrected chi connectivity index (χ3v) is 5.78. The Morgan fingerprint density at radius 3 is 2.78 bits per heavy atom. The first-order chi connectivity index (χ1) is 13.2. The number of rotatable bonds is 2. The van der Waals surface area contributed by atoms with Crippen LogP contribution in [0.4, 0.5) is 15.9 Å². The number of nitrogens with zero attached hydrogens (tertiary/aromatic N) is 2. The molecule has 3 aromatic rings. The zero-order chi connectivity index (χ0) is 18.4. The van der Waals surface area contributed by atoms with Crippen molar-refractivity contribution >= 4 is 11.5 Å². The molecule has 0 saturated heterocycles. The molecule has 27 heavy (non-hydrogen) atoms. The lowest BCUT2D eigenvalue weighted by molar-refractivity contribution is 0.181. The number of pyridine rings is 1. The Morgan fingerprint density at radius 1 is 1.11 bits per heavy atom. The molecule has 1 aliphatic carbocycles. The number of aromatic amines is 1. The van der Waals surface area contributed by atoms with Crippen LogP contribution in [-0.4, -0.2) is 26.7 Å². The summed E-state index contributed by atoms with van der Waals surface area (Å²) < 4.78 is 13.8. The third kappa shape index (κ3) is 2.80. The molecule has 2 aliphatic rings. The first-order valence-corrected chi connectivity index (χ1v) is 9.46. The maximum absolute atomic E-state index is 13.8. The predicted octanol–water partition coefficient (Wildman–Crippen LogP) is 4.60. The summed E-state index contributed by atoms with van der Waals surface area (Å²) in [6.07, 6.45) is 5.81. The van der Waals surface area contributed by atoms with Gasteiger partial charge in [-0.2, -0.15) is 0 Å². The summed E-state index contributed by atoms with van der Waals surface area (Å²) in [4.78, 5) is 12.9. The van der Waals surface area contributed by atoms with Gasteiger partial charge in [-0.05, 0) is 61.9 Å². The molecule has 0 amide bonds. The van der Waals surface area contributed by atoms with Crippen molar-refractivity contribution in [3.8, 4) is 22.5 Å². The number of imidazole rings is 1. The highest BCUT2D eigenvalue weighted by Gasteiger charge is 2.28. The summed E-state index contributed by atoms with van der Waals surface area (Å²) in [6, 6.07) is 8.63. The monoisotopic (exact) mass is 364 g/mol. The number of hydrogen-bond donors (Lipinski definition) is 3. The molecule has 0 radical (unpaired) electrons. The number of benzene rings is 1. The zero-order valence-electron chi connectivity index (χ0n) is 14.9. The van der Waals surface area contributed by atoms with Gasteiger partial charge in [0.25, 0.3) is 0 Å². The molecule has 5 rings (SSSR count). The Balaban J connectivity index is 1.62. The van der Waals surface area contributed by atoms with Crippen molar-refractivity contribution in [3.05, 3.63) is 48.2 Å². The van der Waals surface area contributed by atoms with E-state index in [1.54, 1.807) is 12.3 Å². The number of H-pyrrole nitrogens is 1. The van der Waals surface area contributed by atoms with Crippen molar-refractivity contribution in [1.82, 2.24) is 15.0 Å². The average molecular weight is 364 g/mol. The molecule has 0 atom stereocenters. The summed E-state index contributed by atoms with van der Waals surface area (Å²) >= 11 is 0.